The first-order valence-electron chi connectivity index (χ1n) is 5.13. The minimum Gasteiger partial charge on any atom is -0.481 e. The first-order chi connectivity index (χ1) is 7.59. The monoisotopic (exact) mass is 239 g/mol. The maximum absolute atomic E-state index is 11.2. The first kappa shape index (κ1) is 11.3. The highest BCUT2D eigenvalue weighted by Gasteiger charge is 2.45. The molecule has 2 rings (SSSR count). The Bertz CT molecular complexity index is 389. The minimum absolute atomic E-state index is 0.0179. The topological polar surface area (TPSA) is 66.4 Å². The molecule has 1 fully saturated rings. The Morgan fingerprint density at radius 1 is 1.56 bits per heavy atom. The molecule has 0 saturated carbocycles. The van der Waals surface area contributed by atoms with Crippen LogP contribution in [0.1, 0.15) is 13.3 Å². The SMILES string of the molecule is CC(=O)NC1SC2=CC=CCC2C1C(=O)O. The highest BCUT2D eigenvalue weighted by Crippen LogP contribution is 2.48. The van der Waals surface area contributed by atoms with E-state index in [9.17, 15) is 14.7 Å². The number of carboxylic acid groups (broad SMARTS) is 1. The summed E-state index contributed by atoms with van der Waals surface area (Å²) in [6.45, 7) is 1.41. The molecule has 3 unspecified atom stereocenters. The molecule has 1 saturated heterocycles. The van der Waals surface area contributed by atoms with Gasteiger partial charge in [0.15, 0.2) is 0 Å². The molecule has 1 aliphatic carbocycles. The van der Waals surface area contributed by atoms with E-state index in [0.29, 0.717) is 0 Å². The van der Waals surface area contributed by atoms with Gasteiger partial charge in [0.05, 0.1) is 11.3 Å². The van der Waals surface area contributed by atoms with E-state index in [-0.39, 0.29) is 17.2 Å². The van der Waals surface area contributed by atoms with Gasteiger partial charge in [-0.15, -0.1) is 11.8 Å². The van der Waals surface area contributed by atoms with Crippen molar-refractivity contribution >= 4 is 23.6 Å². The zero-order chi connectivity index (χ0) is 11.7. The molecule has 4 nitrogen and oxygen atoms in total. The molecule has 1 heterocycles. The lowest BCUT2D eigenvalue weighted by molar-refractivity contribution is -0.143. The highest BCUT2D eigenvalue weighted by atomic mass is 32.2. The van der Waals surface area contributed by atoms with Crippen LogP contribution in [-0.2, 0) is 9.59 Å². The van der Waals surface area contributed by atoms with Gasteiger partial charge in [0, 0.05) is 12.8 Å². The molecule has 0 aromatic rings. The highest BCUT2D eigenvalue weighted by molar-refractivity contribution is 8.04. The van der Waals surface area contributed by atoms with Gasteiger partial charge in [0.25, 0.3) is 0 Å². The molecule has 0 radical (unpaired) electrons. The Morgan fingerprint density at radius 3 is 2.94 bits per heavy atom. The summed E-state index contributed by atoms with van der Waals surface area (Å²) >= 11 is 1.46. The molecule has 2 aliphatic rings. The number of hydrogen-bond acceptors (Lipinski definition) is 3. The van der Waals surface area contributed by atoms with Crippen molar-refractivity contribution in [1.82, 2.24) is 5.32 Å². The van der Waals surface area contributed by atoms with Crippen molar-refractivity contribution in [2.45, 2.75) is 18.7 Å². The molecule has 2 N–H and O–H groups in total. The van der Waals surface area contributed by atoms with E-state index in [0.717, 1.165) is 11.3 Å². The summed E-state index contributed by atoms with van der Waals surface area (Å²) in [6.07, 6.45) is 6.59. The van der Waals surface area contributed by atoms with Gasteiger partial charge in [-0.2, -0.15) is 0 Å². The fourth-order valence-electron chi connectivity index (χ4n) is 2.13. The van der Waals surface area contributed by atoms with Crippen molar-refractivity contribution in [3.8, 4) is 0 Å². The van der Waals surface area contributed by atoms with Gasteiger partial charge in [-0.1, -0.05) is 18.2 Å². The number of hydrogen-bond donors (Lipinski definition) is 2. The van der Waals surface area contributed by atoms with Crippen LogP contribution in [0.3, 0.4) is 0 Å². The van der Waals surface area contributed by atoms with Crippen LogP contribution in [0.25, 0.3) is 0 Å². The molecule has 3 atom stereocenters. The van der Waals surface area contributed by atoms with Crippen LogP contribution in [-0.4, -0.2) is 22.4 Å². The van der Waals surface area contributed by atoms with Crippen molar-refractivity contribution in [2.24, 2.45) is 11.8 Å². The summed E-state index contributed by atoms with van der Waals surface area (Å²) in [5.74, 6) is -1.53. The largest absolute Gasteiger partial charge is 0.481 e. The van der Waals surface area contributed by atoms with Crippen LogP contribution in [0.5, 0.6) is 0 Å². The van der Waals surface area contributed by atoms with E-state index in [1.54, 1.807) is 0 Å². The second kappa shape index (κ2) is 4.33. The fourth-order valence-corrected chi connectivity index (χ4v) is 3.68. The van der Waals surface area contributed by atoms with Crippen molar-refractivity contribution in [1.29, 1.82) is 0 Å². The number of rotatable bonds is 2. The summed E-state index contributed by atoms with van der Waals surface area (Å²) in [7, 11) is 0. The molecule has 1 amide bonds. The van der Waals surface area contributed by atoms with Crippen LogP contribution in [0.4, 0.5) is 0 Å². The first-order valence-corrected chi connectivity index (χ1v) is 6.01. The second-order valence-corrected chi connectivity index (χ2v) is 5.16. The summed E-state index contributed by atoms with van der Waals surface area (Å²) in [4.78, 5) is 23.3. The van der Waals surface area contributed by atoms with Gasteiger partial charge in [-0.05, 0) is 11.3 Å². The Hall–Kier alpha value is -1.23. The minimum atomic E-state index is -0.838. The number of carbonyl (C=O) groups excluding carboxylic acids is 1. The number of allylic oxidation sites excluding steroid dienone is 4. The smallest absolute Gasteiger partial charge is 0.310 e. The van der Waals surface area contributed by atoms with Crippen LogP contribution in [0.2, 0.25) is 0 Å². The lowest BCUT2D eigenvalue weighted by Crippen LogP contribution is -2.39. The molecular weight excluding hydrogens is 226 g/mol. The quantitative estimate of drug-likeness (QED) is 0.763. The predicted molar refractivity (Wildman–Crippen MR) is 61.7 cm³/mol. The normalized spacial score (nSPS) is 31.8. The maximum atomic E-state index is 11.2. The summed E-state index contributed by atoms with van der Waals surface area (Å²) < 4.78 is 0. The van der Waals surface area contributed by atoms with E-state index >= 15 is 0 Å². The molecule has 0 aromatic carbocycles. The van der Waals surface area contributed by atoms with Crippen molar-refractivity contribution < 1.29 is 14.7 Å². The van der Waals surface area contributed by atoms with Crippen molar-refractivity contribution in [3.63, 3.8) is 0 Å². The second-order valence-electron chi connectivity index (χ2n) is 3.94. The molecule has 0 aromatic heterocycles. The molecule has 1 aliphatic heterocycles. The lowest BCUT2D eigenvalue weighted by Gasteiger charge is -2.19. The van der Waals surface area contributed by atoms with E-state index in [4.69, 9.17) is 0 Å². The Balaban J connectivity index is 2.21. The van der Waals surface area contributed by atoms with E-state index in [1.807, 2.05) is 18.2 Å². The average molecular weight is 239 g/mol. The number of amides is 1. The third kappa shape index (κ3) is 2.00. The van der Waals surface area contributed by atoms with Crippen LogP contribution >= 0.6 is 11.8 Å². The van der Waals surface area contributed by atoms with E-state index in [1.165, 1.54) is 18.7 Å². The number of fused-ring (bicyclic) bond motifs is 1. The Labute approximate surface area is 97.8 Å². The number of thioether (sulfide) groups is 1. The van der Waals surface area contributed by atoms with Crippen LogP contribution < -0.4 is 5.32 Å². The van der Waals surface area contributed by atoms with Gasteiger partial charge < -0.3 is 10.4 Å². The molecule has 86 valence electrons. The van der Waals surface area contributed by atoms with Gasteiger partial charge in [0.2, 0.25) is 5.91 Å². The van der Waals surface area contributed by atoms with Gasteiger partial charge in [-0.3, -0.25) is 9.59 Å². The molecule has 5 heteroatoms. The van der Waals surface area contributed by atoms with Crippen molar-refractivity contribution in [2.75, 3.05) is 0 Å². The lowest BCUT2D eigenvalue weighted by atomic mass is 9.87. The fraction of sp³-hybridized carbons (Fsp3) is 0.455. The molecule has 16 heavy (non-hydrogen) atoms. The summed E-state index contributed by atoms with van der Waals surface area (Å²) in [5.41, 5.74) is 0. The molecule has 0 bridgehead atoms. The average Bonchev–Trinajstić information content (AvgIpc) is 2.53. The Kier molecular flexibility index (Phi) is 3.05. The van der Waals surface area contributed by atoms with Gasteiger partial charge in [0.1, 0.15) is 0 Å². The van der Waals surface area contributed by atoms with E-state index in [2.05, 4.69) is 5.32 Å². The molecular formula is C11H13NO3S. The van der Waals surface area contributed by atoms with Crippen molar-refractivity contribution in [3.05, 3.63) is 23.1 Å². The Morgan fingerprint density at radius 2 is 2.31 bits per heavy atom. The van der Waals surface area contributed by atoms with Gasteiger partial charge >= 0.3 is 5.97 Å². The number of aliphatic carboxylic acids is 1. The standard InChI is InChI=1S/C11H13NO3S/c1-6(13)12-10-9(11(14)15)7-4-2-3-5-8(7)16-10/h2-3,5,7,9-10H,4H2,1H3,(H,12,13)(H,14,15). The molecule has 0 spiro atoms. The number of nitrogens with one attached hydrogen (secondary N) is 1. The van der Waals surface area contributed by atoms with Crippen LogP contribution in [0.15, 0.2) is 23.1 Å². The van der Waals surface area contributed by atoms with Crippen LogP contribution in [0, 0.1) is 11.8 Å². The number of carboxylic acids is 1. The van der Waals surface area contributed by atoms with E-state index < -0.39 is 11.9 Å². The third-order valence-corrected chi connectivity index (χ3v) is 4.18. The summed E-state index contributed by atoms with van der Waals surface area (Å²) in [5, 5.41) is 11.6. The predicted octanol–water partition coefficient (Wildman–Crippen LogP) is 1.36. The summed E-state index contributed by atoms with van der Waals surface area (Å²) in [6, 6.07) is 0. The number of carbonyl (C=O) groups is 2. The maximum Gasteiger partial charge on any atom is 0.310 e. The van der Waals surface area contributed by atoms with Gasteiger partial charge in [-0.25, -0.2) is 0 Å². The zero-order valence-electron chi connectivity index (χ0n) is 8.84. The zero-order valence-corrected chi connectivity index (χ0v) is 9.66. The third-order valence-electron chi connectivity index (χ3n) is 2.81.